The molecule has 3 N–H and O–H groups in total. The molecular formula is C20H19Cl2NO4. The number of carbonyl (C=O) groups excluding carboxylic acids is 2. The summed E-state index contributed by atoms with van der Waals surface area (Å²) in [5, 5.41) is 22.1. The molecule has 2 aromatic carbocycles. The minimum atomic E-state index is -1.30. The molecule has 2 aromatic rings. The van der Waals surface area contributed by atoms with Gasteiger partial charge in [-0.25, -0.2) is 0 Å². The molecule has 1 amide bonds. The second kappa shape index (κ2) is 10.2. The monoisotopic (exact) mass is 407 g/mol. The van der Waals surface area contributed by atoms with Crippen LogP contribution in [0.1, 0.15) is 27.6 Å². The number of hydrogen-bond donors (Lipinski definition) is 3. The Labute approximate surface area is 167 Å². The zero-order valence-electron chi connectivity index (χ0n) is 14.3. The van der Waals surface area contributed by atoms with Crippen LogP contribution >= 0.6 is 23.2 Å². The highest BCUT2D eigenvalue weighted by atomic mass is 35.5. The average molecular weight is 408 g/mol. The number of aliphatic hydroxyl groups is 2. The minimum Gasteiger partial charge on any atom is -0.394 e. The Balaban J connectivity index is 2.05. The van der Waals surface area contributed by atoms with Crippen LogP contribution in [0.4, 0.5) is 0 Å². The standard InChI is InChI=1S/C20H19Cl2NO4/c21-19(22)20(27)23-16(12-24)18(26)15-9-7-14(8-10-15)17(25)11-6-13-4-2-1-3-5-13/h1-11,16,18-19,24,26H,12H2,(H,23,27)/t16-,18-/m1/s1. The number of alkyl halides is 2. The van der Waals surface area contributed by atoms with Crippen LogP contribution in [-0.4, -0.2) is 39.4 Å². The Morgan fingerprint density at radius 1 is 1.04 bits per heavy atom. The summed E-state index contributed by atoms with van der Waals surface area (Å²) < 4.78 is 0. The Morgan fingerprint density at radius 2 is 1.67 bits per heavy atom. The fourth-order valence-electron chi connectivity index (χ4n) is 2.38. The quantitative estimate of drug-likeness (QED) is 0.356. The molecule has 27 heavy (non-hydrogen) atoms. The highest BCUT2D eigenvalue weighted by molar-refractivity contribution is 6.53. The third-order valence-electron chi connectivity index (χ3n) is 3.87. The van der Waals surface area contributed by atoms with Gasteiger partial charge < -0.3 is 15.5 Å². The van der Waals surface area contributed by atoms with Gasteiger partial charge in [0.1, 0.15) is 6.10 Å². The van der Waals surface area contributed by atoms with Gasteiger partial charge in [-0.2, -0.15) is 0 Å². The lowest BCUT2D eigenvalue weighted by molar-refractivity contribution is -0.121. The maximum Gasteiger partial charge on any atom is 0.253 e. The molecule has 0 aliphatic carbocycles. The lowest BCUT2D eigenvalue weighted by Gasteiger charge is -2.23. The summed E-state index contributed by atoms with van der Waals surface area (Å²) in [5.74, 6) is -0.895. The van der Waals surface area contributed by atoms with E-state index in [4.69, 9.17) is 23.2 Å². The van der Waals surface area contributed by atoms with Crippen LogP contribution in [0.2, 0.25) is 0 Å². The smallest absolute Gasteiger partial charge is 0.253 e. The first-order valence-corrected chi connectivity index (χ1v) is 9.04. The number of carbonyl (C=O) groups is 2. The molecule has 7 heteroatoms. The lowest BCUT2D eigenvalue weighted by Crippen LogP contribution is -2.44. The van der Waals surface area contributed by atoms with Gasteiger partial charge in [0.05, 0.1) is 12.6 Å². The van der Waals surface area contributed by atoms with Crippen LogP contribution in [0.15, 0.2) is 60.7 Å². The van der Waals surface area contributed by atoms with E-state index in [2.05, 4.69) is 5.32 Å². The van der Waals surface area contributed by atoms with Crippen molar-refractivity contribution < 1.29 is 19.8 Å². The molecule has 0 saturated carbocycles. The molecule has 2 rings (SSSR count). The number of allylic oxidation sites excluding steroid dienone is 1. The van der Waals surface area contributed by atoms with Gasteiger partial charge >= 0.3 is 0 Å². The summed E-state index contributed by atoms with van der Waals surface area (Å²) in [4.78, 5) is 22.5. The second-order valence-corrected chi connectivity index (χ2v) is 6.87. The third-order valence-corrected chi connectivity index (χ3v) is 4.26. The molecule has 0 aliphatic rings. The molecule has 0 saturated heterocycles. The first-order chi connectivity index (χ1) is 12.9. The number of aliphatic hydroxyl groups excluding tert-OH is 2. The molecular weight excluding hydrogens is 389 g/mol. The number of rotatable bonds is 8. The molecule has 0 radical (unpaired) electrons. The van der Waals surface area contributed by atoms with Crippen LogP contribution in [0, 0.1) is 0 Å². The van der Waals surface area contributed by atoms with Crippen molar-refractivity contribution in [2.75, 3.05) is 6.61 Å². The maximum atomic E-state index is 12.2. The number of halogens is 2. The molecule has 0 fully saturated rings. The van der Waals surface area contributed by atoms with E-state index in [-0.39, 0.29) is 5.78 Å². The molecule has 0 spiro atoms. The van der Waals surface area contributed by atoms with E-state index < -0.39 is 29.5 Å². The molecule has 0 bridgehead atoms. The van der Waals surface area contributed by atoms with E-state index in [1.165, 1.54) is 6.08 Å². The number of amides is 1. The van der Waals surface area contributed by atoms with Crippen LogP contribution in [0.25, 0.3) is 6.08 Å². The topological polar surface area (TPSA) is 86.6 Å². The molecule has 2 atom stereocenters. The molecule has 0 unspecified atom stereocenters. The van der Waals surface area contributed by atoms with Crippen molar-refractivity contribution in [2.24, 2.45) is 0 Å². The van der Waals surface area contributed by atoms with E-state index in [0.29, 0.717) is 11.1 Å². The first-order valence-electron chi connectivity index (χ1n) is 8.17. The Hall–Kier alpha value is -2.18. The molecule has 142 valence electrons. The van der Waals surface area contributed by atoms with Gasteiger partial charge in [-0.1, -0.05) is 83.9 Å². The molecule has 0 heterocycles. The van der Waals surface area contributed by atoms with Crippen LogP contribution in [0.5, 0.6) is 0 Å². The second-order valence-electron chi connectivity index (χ2n) is 5.77. The van der Waals surface area contributed by atoms with E-state index in [1.54, 1.807) is 30.3 Å². The van der Waals surface area contributed by atoms with Gasteiger partial charge in [-0.05, 0) is 17.2 Å². The first kappa shape index (κ1) is 21.1. The van der Waals surface area contributed by atoms with Crippen LogP contribution in [0.3, 0.4) is 0 Å². The van der Waals surface area contributed by atoms with Crippen molar-refractivity contribution in [1.29, 1.82) is 0 Å². The van der Waals surface area contributed by atoms with E-state index in [1.807, 2.05) is 30.3 Å². The lowest BCUT2D eigenvalue weighted by atomic mass is 10.00. The summed E-state index contributed by atoms with van der Waals surface area (Å²) in [5.41, 5.74) is 1.79. The predicted molar refractivity (Wildman–Crippen MR) is 106 cm³/mol. The van der Waals surface area contributed by atoms with Crippen molar-refractivity contribution in [2.45, 2.75) is 17.0 Å². The van der Waals surface area contributed by atoms with Gasteiger partial charge in [0, 0.05) is 5.56 Å². The SMILES string of the molecule is O=C(C=Cc1ccccc1)c1ccc([C@@H](O)[C@@H](CO)NC(=O)C(Cl)Cl)cc1. The van der Waals surface area contributed by atoms with Gasteiger partial charge in [-0.15, -0.1) is 0 Å². The van der Waals surface area contributed by atoms with Crippen molar-refractivity contribution in [3.05, 3.63) is 77.4 Å². The zero-order chi connectivity index (χ0) is 19.8. The Kier molecular flexibility index (Phi) is 8.00. The zero-order valence-corrected chi connectivity index (χ0v) is 15.8. The summed E-state index contributed by atoms with van der Waals surface area (Å²) in [6.45, 7) is -0.506. The Bertz CT molecular complexity index is 791. The van der Waals surface area contributed by atoms with Gasteiger partial charge in [0.25, 0.3) is 5.91 Å². The largest absolute Gasteiger partial charge is 0.394 e. The predicted octanol–water partition coefficient (Wildman–Crippen LogP) is 2.90. The average Bonchev–Trinajstić information content (AvgIpc) is 2.70. The Morgan fingerprint density at radius 3 is 2.22 bits per heavy atom. The number of hydrogen-bond acceptors (Lipinski definition) is 4. The fourth-order valence-corrected chi connectivity index (χ4v) is 2.51. The molecule has 0 aromatic heterocycles. The summed E-state index contributed by atoms with van der Waals surface area (Å²) in [6.07, 6.45) is 2.01. The fraction of sp³-hybridized carbons (Fsp3) is 0.200. The van der Waals surface area contributed by atoms with Crippen molar-refractivity contribution in [3.8, 4) is 0 Å². The van der Waals surface area contributed by atoms with E-state index in [9.17, 15) is 19.8 Å². The summed E-state index contributed by atoms with van der Waals surface area (Å²) in [6, 6.07) is 14.7. The summed E-state index contributed by atoms with van der Waals surface area (Å²) >= 11 is 10.9. The van der Waals surface area contributed by atoms with Gasteiger partial charge in [0.2, 0.25) is 0 Å². The third kappa shape index (κ3) is 6.19. The van der Waals surface area contributed by atoms with Crippen molar-refractivity contribution in [1.82, 2.24) is 5.32 Å². The highest BCUT2D eigenvalue weighted by Crippen LogP contribution is 2.19. The maximum absolute atomic E-state index is 12.2. The minimum absolute atomic E-state index is 0.181. The molecule has 0 aliphatic heterocycles. The van der Waals surface area contributed by atoms with Gasteiger partial charge in [0.15, 0.2) is 10.6 Å². The van der Waals surface area contributed by atoms with E-state index >= 15 is 0 Å². The van der Waals surface area contributed by atoms with Crippen LogP contribution in [-0.2, 0) is 4.79 Å². The number of nitrogens with one attached hydrogen (secondary N) is 1. The number of benzene rings is 2. The highest BCUT2D eigenvalue weighted by Gasteiger charge is 2.24. The normalized spacial score (nSPS) is 13.5. The molecule has 5 nitrogen and oxygen atoms in total. The van der Waals surface area contributed by atoms with Crippen molar-refractivity contribution >= 4 is 41.0 Å². The van der Waals surface area contributed by atoms with Crippen molar-refractivity contribution in [3.63, 3.8) is 0 Å². The number of ketones is 1. The van der Waals surface area contributed by atoms with Gasteiger partial charge in [-0.3, -0.25) is 9.59 Å². The van der Waals surface area contributed by atoms with Crippen LogP contribution < -0.4 is 5.32 Å². The van der Waals surface area contributed by atoms with E-state index in [0.717, 1.165) is 5.56 Å². The summed E-state index contributed by atoms with van der Waals surface area (Å²) in [7, 11) is 0.